The van der Waals surface area contributed by atoms with Crippen molar-refractivity contribution < 1.29 is 4.79 Å². The fourth-order valence-electron chi connectivity index (χ4n) is 3.81. The molecular weight excluding hydrogens is 402 g/mol. The van der Waals surface area contributed by atoms with Crippen LogP contribution in [0.4, 0.5) is 5.13 Å². The number of carbonyl (C=O) groups excluding carboxylic acids is 1. The summed E-state index contributed by atoms with van der Waals surface area (Å²) in [6.07, 6.45) is 2.06. The van der Waals surface area contributed by atoms with Crippen molar-refractivity contribution in [2.75, 3.05) is 4.90 Å². The third kappa shape index (κ3) is 3.92. The van der Waals surface area contributed by atoms with Crippen LogP contribution in [0.1, 0.15) is 16.8 Å². The van der Waals surface area contributed by atoms with Crippen molar-refractivity contribution in [3.05, 3.63) is 102 Å². The minimum atomic E-state index is 0.0127. The number of fused-ring (bicyclic) bond motifs is 2. The van der Waals surface area contributed by atoms with E-state index in [-0.39, 0.29) is 5.91 Å². The van der Waals surface area contributed by atoms with Gasteiger partial charge < -0.3 is 0 Å². The van der Waals surface area contributed by atoms with Gasteiger partial charge >= 0.3 is 0 Å². The molecule has 0 spiro atoms. The number of aromatic nitrogens is 2. The summed E-state index contributed by atoms with van der Waals surface area (Å²) in [5.74, 6) is 0.0127. The van der Waals surface area contributed by atoms with Gasteiger partial charge in [0.25, 0.3) is 0 Å². The van der Waals surface area contributed by atoms with E-state index in [1.165, 1.54) is 0 Å². The van der Waals surface area contributed by atoms with Crippen LogP contribution < -0.4 is 4.90 Å². The fraction of sp³-hybridized carbons (Fsp3) is 0.115. The van der Waals surface area contributed by atoms with Crippen molar-refractivity contribution in [2.24, 2.45) is 0 Å². The molecule has 0 radical (unpaired) electrons. The number of para-hydroxylation sites is 1. The molecule has 152 valence electrons. The molecule has 0 fully saturated rings. The molecule has 31 heavy (non-hydrogen) atoms. The molecular formula is C26H21N3OS. The standard InChI is InChI=1S/C26H21N3OS/c1-18-8-6-14-23-25(18)28-26(31-23)29(17-21-12-4-5-15-27-21)24(30)16-20-11-7-10-19-9-2-3-13-22(19)20/h2-15H,16-17H2,1H3. The Kier molecular flexibility index (Phi) is 5.18. The predicted octanol–water partition coefficient (Wildman–Crippen LogP) is 5.93. The molecule has 2 aromatic heterocycles. The van der Waals surface area contributed by atoms with Gasteiger partial charge in [0.1, 0.15) is 0 Å². The van der Waals surface area contributed by atoms with Crippen LogP contribution in [0.25, 0.3) is 21.0 Å². The van der Waals surface area contributed by atoms with Crippen LogP contribution in [0.3, 0.4) is 0 Å². The minimum absolute atomic E-state index is 0.0127. The number of thiazole rings is 1. The SMILES string of the molecule is Cc1cccc2sc(N(Cc3ccccn3)C(=O)Cc3cccc4ccccc34)nc12. The summed E-state index contributed by atoms with van der Waals surface area (Å²) in [6.45, 7) is 2.44. The zero-order valence-electron chi connectivity index (χ0n) is 17.2. The Morgan fingerprint density at radius 2 is 1.74 bits per heavy atom. The number of pyridine rings is 1. The van der Waals surface area contributed by atoms with Crippen molar-refractivity contribution >= 4 is 43.4 Å². The number of benzene rings is 3. The molecule has 4 nitrogen and oxygen atoms in total. The van der Waals surface area contributed by atoms with Gasteiger partial charge in [0, 0.05) is 6.20 Å². The lowest BCUT2D eigenvalue weighted by molar-refractivity contribution is -0.118. The third-order valence-corrected chi connectivity index (χ3v) is 6.45. The van der Waals surface area contributed by atoms with Crippen LogP contribution in [0.15, 0.2) is 85.1 Å². The first-order chi connectivity index (χ1) is 15.2. The van der Waals surface area contributed by atoms with E-state index < -0.39 is 0 Å². The van der Waals surface area contributed by atoms with E-state index in [4.69, 9.17) is 4.98 Å². The molecule has 1 amide bonds. The lowest BCUT2D eigenvalue weighted by atomic mass is 10.0. The Morgan fingerprint density at radius 1 is 0.935 bits per heavy atom. The lowest BCUT2D eigenvalue weighted by Gasteiger charge is -2.20. The normalized spacial score (nSPS) is 11.1. The molecule has 5 rings (SSSR count). The van der Waals surface area contributed by atoms with Gasteiger partial charge in [-0.3, -0.25) is 14.7 Å². The van der Waals surface area contributed by atoms with Crippen LogP contribution in [-0.2, 0) is 17.8 Å². The number of carbonyl (C=O) groups is 1. The van der Waals surface area contributed by atoms with E-state index in [0.29, 0.717) is 18.1 Å². The number of hydrogen-bond acceptors (Lipinski definition) is 4. The molecule has 5 aromatic rings. The molecule has 0 aliphatic carbocycles. The first kappa shape index (κ1) is 19.4. The first-order valence-electron chi connectivity index (χ1n) is 10.2. The molecule has 2 heterocycles. The minimum Gasteiger partial charge on any atom is -0.282 e. The molecule has 0 aliphatic heterocycles. The van der Waals surface area contributed by atoms with E-state index in [1.807, 2.05) is 61.5 Å². The zero-order valence-corrected chi connectivity index (χ0v) is 18.0. The van der Waals surface area contributed by atoms with Gasteiger partial charge in [0.2, 0.25) is 5.91 Å². The smallest absolute Gasteiger partial charge is 0.233 e. The molecule has 5 heteroatoms. The molecule has 0 saturated heterocycles. The summed E-state index contributed by atoms with van der Waals surface area (Å²) in [4.78, 5) is 24.6. The van der Waals surface area contributed by atoms with Gasteiger partial charge in [-0.1, -0.05) is 72.0 Å². The van der Waals surface area contributed by atoms with Crippen molar-refractivity contribution in [2.45, 2.75) is 19.9 Å². The number of hydrogen-bond donors (Lipinski definition) is 0. The second-order valence-electron chi connectivity index (χ2n) is 7.53. The monoisotopic (exact) mass is 423 g/mol. The predicted molar refractivity (Wildman–Crippen MR) is 127 cm³/mol. The van der Waals surface area contributed by atoms with E-state index in [1.54, 1.807) is 22.4 Å². The molecule has 0 aliphatic rings. The Bertz CT molecular complexity index is 1370. The average molecular weight is 424 g/mol. The maximum Gasteiger partial charge on any atom is 0.233 e. The molecule has 0 unspecified atom stereocenters. The number of rotatable bonds is 5. The number of nitrogens with zero attached hydrogens (tertiary/aromatic N) is 3. The number of anilines is 1. The summed E-state index contributed by atoms with van der Waals surface area (Å²) >= 11 is 1.55. The highest BCUT2D eigenvalue weighted by Gasteiger charge is 2.22. The van der Waals surface area contributed by atoms with Crippen LogP contribution in [-0.4, -0.2) is 15.9 Å². The topological polar surface area (TPSA) is 46.1 Å². The summed E-state index contributed by atoms with van der Waals surface area (Å²) in [7, 11) is 0. The second kappa shape index (κ2) is 8.28. The average Bonchev–Trinajstić information content (AvgIpc) is 3.24. The number of aryl methyl sites for hydroxylation is 1. The molecule has 3 aromatic carbocycles. The van der Waals surface area contributed by atoms with E-state index in [2.05, 4.69) is 29.2 Å². The highest BCUT2D eigenvalue weighted by atomic mass is 32.1. The zero-order chi connectivity index (χ0) is 21.2. The number of amides is 1. The van der Waals surface area contributed by atoms with Crippen LogP contribution >= 0.6 is 11.3 Å². The van der Waals surface area contributed by atoms with E-state index in [0.717, 1.165) is 37.8 Å². The summed E-state index contributed by atoms with van der Waals surface area (Å²) in [5.41, 5.74) is 3.92. The van der Waals surface area contributed by atoms with Gasteiger partial charge in [-0.2, -0.15) is 0 Å². The third-order valence-electron chi connectivity index (χ3n) is 5.41. The fourth-order valence-corrected chi connectivity index (χ4v) is 4.87. The van der Waals surface area contributed by atoms with Gasteiger partial charge in [0.05, 0.1) is 28.9 Å². The van der Waals surface area contributed by atoms with Gasteiger partial charge in [0.15, 0.2) is 5.13 Å². The van der Waals surface area contributed by atoms with E-state index in [9.17, 15) is 4.79 Å². The van der Waals surface area contributed by atoms with Crippen LogP contribution in [0, 0.1) is 6.92 Å². The maximum absolute atomic E-state index is 13.6. The van der Waals surface area contributed by atoms with Crippen molar-refractivity contribution in [1.82, 2.24) is 9.97 Å². The summed E-state index contributed by atoms with van der Waals surface area (Å²) in [5, 5.41) is 2.95. The Hall–Kier alpha value is -3.57. The van der Waals surface area contributed by atoms with Crippen molar-refractivity contribution in [3.63, 3.8) is 0 Å². The van der Waals surface area contributed by atoms with Crippen molar-refractivity contribution in [3.8, 4) is 0 Å². The highest BCUT2D eigenvalue weighted by molar-refractivity contribution is 7.22. The largest absolute Gasteiger partial charge is 0.282 e. The highest BCUT2D eigenvalue weighted by Crippen LogP contribution is 2.32. The Balaban J connectivity index is 1.54. The van der Waals surface area contributed by atoms with Gasteiger partial charge in [-0.15, -0.1) is 0 Å². The summed E-state index contributed by atoms with van der Waals surface area (Å²) < 4.78 is 1.08. The first-order valence-corrected chi connectivity index (χ1v) is 11.0. The van der Waals surface area contributed by atoms with Gasteiger partial charge in [-0.25, -0.2) is 4.98 Å². The van der Waals surface area contributed by atoms with Crippen LogP contribution in [0.5, 0.6) is 0 Å². The quantitative estimate of drug-likeness (QED) is 0.352. The Labute approximate surface area is 184 Å². The van der Waals surface area contributed by atoms with Crippen molar-refractivity contribution in [1.29, 1.82) is 0 Å². The maximum atomic E-state index is 13.6. The van der Waals surface area contributed by atoms with Crippen LogP contribution in [0.2, 0.25) is 0 Å². The Morgan fingerprint density at radius 3 is 2.58 bits per heavy atom. The molecule has 0 atom stereocenters. The summed E-state index contributed by atoms with van der Waals surface area (Å²) in [6, 6.07) is 26.2. The lowest BCUT2D eigenvalue weighted by Crippen LogP contribution is -2.32. The van der Waals surface area contributed by atoms with Gasteiger partial charge in [-0.05, 0) is 47.0 Å². The van der Waals surface area contributed by atoms with E-state index >= 15 is 0 Å². The molecule has 0 saturated carbocycles. The molecule has 0 bridgehead atoms. The molecule has 0 N–H and O–H groups in total. The second-order valence-corrected chi connectivity index (χ2v) is 8.54.